The van der Waals surface area contributed by atoms with Crippen LogP contribution >= 0.6 is 0 Å². The van der Waals surface area contributed by atoms with E-state index in [1.165, 1.54) is 35.2 Å². The number of carbonyl (C=O) groups excluding carboxylic acids is 1. The molecule has 0 spiro atoms. The van der Waals surface area contributed by atoms with Gasteiger partial charge in [0.1, 0.15) is 0 Å². The number of ether oxygens (including phenoxy) is 1. The maximum Gasteiger partial charge on any atom is 0.318 e. The number of pyridine rings is 1. The zero-order valence-electron chi connectivity index (χ0n) is 18.4. The van der Waals surface area contributed by atoms with Crippen molar-refractivity contribution in [3.05, 3.63) is 64.0 Å². The van der Waals surface area contributed by atoms with E-state index >= 15 is 0 Å². The molecule has 5 heteroatoms. The van der Waals surface area contributed by atoms with Crippen molar-refractivity contribution in [1.29, 1.82) is 0 Å². The van der Waals surface area contributed by atoms with Crippen molar-refractivity contribution in [2.45, 2.75) is 78.2 Å². The second kappa shape index (κ2) is 9.17. The Morgan fingerprint density at radius 3 is 2.83 bits per heavy atom. The summed E-state index contributed by atoms with van der Waals surface area (Å²) >= 11 is 0. The predicted molar refractivity (Wildman–Crippen MR) is 118 cm³/mol. The van der Waals surface area contributed by atoms with E-state index in [-0.39, 0.29) is 18.2 Å². The van der Waals surface area contributed by atoms with Gasteiger partial charge in [0.2, 0.25) is 0 Å². The first-order chi connectivity index (χ1) is 14.6. The number of nitrogens with one attached hydrogen (secondary N) is 1. The fourth-order valence-electron chi connectivity index (χ4n) is 4.55. The van der Waals surface area contributed by atoms with Gasteiger partial charge in [-0.2, -0.15) is 0 Å². The van der Waals surface area contributed by atoms with Crippen LogP contribution in [0.4, 0.5) is 4.79 Å². The molecule has 4 rings (SSSR count). The highest BCUT2D eigenvalue weighted by Crippen LogP contribution is 2.32. The highest BCUT2D eigenvalue weighted by atomic mass is 16.5. The summed E-state index contributed by atoms with van der Waals surface area (Å²) in [7, 11) is 0. The van der Waals surface area contributed by atoms with Crippen molar-refractivity contribution < 1.29 is 9.53 Å². The average molecular weight is 408 g/mol. The first kappa shape index (κ1) is 20.9. The van der Waals surface area contributed by atoms with E-state index in [9.17, 15) is 4.79 Å². The second-order valence-electron chi connectivity index (χ2n) is 8.62. The number of nitrogens with zero attached hydrogens (tertiary/aromatic N) is 2. The van der Waals surface area contributed by atoms with Gasteiger partial charge in [-0.15, -0.1) is 0 Å². The molecule has 0 unspecified atom stereocenters. The van der Waals surface area contributed by atoms with E-state index < -0.39 is 0 Å². The van der Waals surface area contributed by atoms with Crippen LogP contribution in [0.5, 0.6) is 0 Å². The highest BCUT2D eigenvalue weighted by Gasteiger charge is 2.30. The zero-order valence-corrected chi connectivity index (χ0v) is 18.4. The fraction of sp³-hybridized carbons (Fsp3) is 0.520. The predicted octanol–water partition coefficient (Wildman–Crippen LogP) is 4.71. The van der Waals surface area contributed by atoms with Crippen LogP contribution in [0.2, 0.25) is 0 Å². The van der Waals surface area contributed by atoms with Crippen molar-refractivity contribution in [2.24, 2.45) is 0 Å². The zero-order chi connectivity index (χ0) is 21.1. The van der Waals surface area contributed by atoms with Crippen LogP contribution in [0.25, 0.3) is 0 Å². The maximum absolute atomic E-state index is 13.0. The van der Waals surface area contributed by atoms with E-state index in [1.54, 1.807) is 0 Å². The van der Waals surface area contributed by atoms with Gasteiger partial charge in [0.15, 0.2) is 0 Å². The quantitative estimate of drug-likeness (QED) is 0.781. The number of fused-ring (bicyclic) bond motifs is 3. The molecule has 2 atom stereocenters. The van der Waals surface area contributed by atoms with Crippen LogP contribution in [0.15, 0.2) is 30.3 Å². The van der Waals surface area contributed by atoms with Gasteiger partial charge in [0.25, 0.3) is 0 Å². The molecule has 0 saturated heterocycles. The smallest absolute Gasteiger partial charge is 0.318 e. The average Bonchev–Trinajstić information content (AvgIpc) is 2.77. The van der Waals surface area contributed by atoms with Crippen molar-refractivity contribution in [1.82, 2.24) is 15.2 Å². The molecule has 0 aliphatic carbocycles. The Morgan fingerprint density at radius 2 is 2.07 bits per heavy atom. The minimum Gasteiger partial charge on any atom is -0.373 e. The SMILES string of the molecule is CCCCc1nc2c(c3c1C[C@H](C)OC3)CN(C(=O)N[C@@H](C)c1ccccc1)CC2. The Kier molecular flexibility index (Phi) is 6.38. The van der Waals surface area contributed by atoms with Crippen LogP contribution in [0.3, 0.4) is 0 Å². The first-order valence-corrected chi connectivity index (χ1v) is 11.3. The minimum atomic E-state index is -0.0206. The van der Waals surface area contributed by atoms with Crippen molar-refractivity contribution in [3.8, 4) is 0 Å². The van der Waals surface area contributed by atoms with E-state index in [1.807, 2.05) is 42.2 Å². The number of benzene rings is 1. The van der Waals surface area contributed by atoms with Gasteiger partial charge >= 0.3 is 6.03 Å². The van der Waals surface area contributed by atoms with Crippen LogP contribution in [-0.4, -0.2) is 28.6 Å². The molecular formula is C25H33N3O2. The number of aromatic nitrogens is 1. The lowest BCUT2D eigenvalue weighted by Crippen LogP contribution is -2.44. The Hall–Kier alpha value is -2.40. The third-order valence-corrected chi connectivity index (χ3v) is 6.36. The molecule has 0 fully saturated rings. The lowest BCUT2D eigenvalue weighted by molar-refractivity contribution is 0.0393. The van der Waals surface area contributed by atoms with Crippen LogP contribution in [-0.2, 0) is 37.2 Å². The molecule has 5 nitrogen and oxygen atoms in total. The van der Waals surface area contributed by atoms with E-state index in [2.05, 4.69) is 19.2 Å². The summed E-state index contributed by atoms with van der Waals surface area (Å²) in [5, 5.41) is 3.16. The summed E-state index contributed by atoms with van der Waals surface area (Å²) in [6.07, 6.45) is 5.34. The van der Waals surface area contributed by atoms with Gasteiger partial charge in [-0.25, -0.2) is 4.79 Å². The molecular weight excluding hydrogens is 374 g/mol. The fourth-order valence-corrected chi connectivity index (χ4v) is 4.55. The topological polar surface area (TPSA) is 54.5 Å². The lowest BCUT2D eigenvalue weighted by atomic mass is 9.89. The molecule has 3 heterocycles. The highest BCUT2D eigenvalue weighted by molar-refractivity contribution is 5.75. The molecule has 2 aliphatic rings. The monoisotopic (exact) mass is 407 g/mol. The molecule has 0 bridgehead atoms. The third kappa shape index (κ3) is 4.36. The van der Waals surface area contributed by atoms with E-state index in [4.69, 9.17) is 9.72 Å². The molecule has 160 valence electrons. The summed E-state index contributed by atoms with van der Waals surface area (Å²) in [5.41, 5.74) is 7.42. The Labute approximate surface area is 179 Å². The van der Waals surface area contributed by atoms with E-state index in [0.29, 0.717) is 19.7 Å². The Bertz CT molecular complexity index is 897. The summed E-state index contributed by atoms with van der Waals surface area (Å²) in [6.45, 7) is 8.35. The Balaban J connectivity index is 1.54. The number of rotatable bonds is 5. The number of aryl methyl sites for hydroxylation is 1. The van der Waals surface area contributed by atoms with Crippen LogP contribution < -0.4 is 5.32 Å². The number of amides is 2. The lowest BCUT2D eigenvalue weighted by Gasteiger charge is -2.34. The third-order valence-electron chi connectivity index (χ3n) is 6.36. The van der Waals surface area contributed by atoms with Crippen molar-refractivity contribution in [3.63, 3.8) is 0 Å². The maximum atomic E-state index is 13.0. The molecule has 1 N–H and O–H groups in total. The summed E-state index contributed by atoms with van der Waals surface area (Å²) in [6, 6.07) is 10.1. The molecule has 30 heavy (non-hydrogen) atoms. The van der Waals surface area contributed by atoms with Gasteiger partial charge < -0.3 is 15.0 Å². The normalized spacial score (nSPS) is 19.0. The van der Waals surface area contributed by atoms with Gasteiger partial charge in [0.05, 0.1) is 18.8 Å². The number of hydrogen-bond acceptors (Lipinski definition) is 3. The molecule has 2 aromatic rings. The van der Waals surface area contributed by atoms with Crippen molar-refractivity contribution in [2.75, 3.05) is 6.54 Å². The first-order valence-electron chi connectivity index (χ1n) is 11.3. The van der Waals surface area contributed by atoms with Crippen molar-refractivity contribution >= 4 is 6.03 Å². The number of unbranched alkanes of at least 4 members (excludes halogenated alkanes) is 1. The Morgan fingerprint density at radius 1 is 1.27 bits per heavy atom. The van der Waals surface area contributed by atoms with Crippen LogP contribution in [0, 0.1) is 0 Å². The largest absolute Gasteiger partial charge is 0.373 e. The van der Waals surface area contributed by atoms with Gasteiger partial charge in [-0.05, 0) is 48.9 Å². The molecule has 1 aromatic carbocycles. The second-order valence-corrected chi connectivity index (χ2v) is 8.62. The molecule has 2 aliphatic heterocycles. The molecule has 1 aromatic heterocycles. The van der Waals surface area contributed by atoms with Gasteiger partial charge in [-0.3, -0.25) is 4.98 Å². The summed E-state index contributed by atoms with van der Waals surface area (Å²) < 4.78 is 6.00. The summed E-state index contributed by atoms with van der Waals surface area (Å²) in [4.78, 5) is 20.0. The number of hydrogen-bond donors (Lipinski definition) is 1. The van der Waals surface area contributed by atoms with Gasteiger partial charge in [0, 0.05) is 37.3 Å². The molecule has 0 radical (unpaired) electrons. The minimum absolute atomic E-state index is 0.00842. The molecule has 2 amide bonds. The molecule has 0 saturated carbocycles. The van der Waals surface area contributed by atoms with E-state index in [0.717, 1.165) is 30.5 Å². The van der Waals surface area contributed by atoms with Gasteiger partial charge in [-0.1, -0.05) is 43.7 Å². The summed E-state index contributed by atoms with van der Waals surface area (Å²) in [5.74, 6) is 0. The number of carbonyl (C=O) groups is 1. The van der Waals surface area contributed by atoms with Crippen LogP contribution in [0.1, 0.15) is 73.3 Å². The standard InChI is InChI=1S/C25H33N3O2/c1-4-5-11-23-20-14-17(2)30-16-22(20)21-15-28(13-12-24(21)27-23)25(29)26-18(3)19-9-7-6-8-10-19/h6-10,17-18H,4-5,11-16H2,1-3H3,(H,26,29)/t17-,18-/m0/s1. The number of urea groups is 1.